The highest BCUT2D eigenvalue weighted by atomic mass is 16.1. The van der Waals surface area contributed by atoms with E-state index in [0.29, 0.717) is 11.6 Å². The molecule has 0 aliphatic carbocycles. The highest BCUT2D eigenvalue weighted by Gasteiger charge is 2.18. The van der Waals surface area contributed by atoms with E-state index < -0.39 is 0 Å². The van der Waals surface area contributed by atoms with Crippen LogP contribution in [0.5, 0.6) is 0 Å². The molecule has 0 saturated carbocycles. The standard InChI is InChI=1S/C19H23N3O2/c1-14-4-2-3-11-22(14)13-15-5-8-17(9-6-15)21-19(24)16-7-10-18(23)20-12-16/h5-10,12,14H,2-4,11,13H2,1H3,(H,20,23)(H,21,24). The van der Waals surface area contributed by atoms with Gasteiger partial charge >= 0.3 is 0 Å². The van der Waals surface area contributed by atoms with Crippen molar-refractivity contribution < 1.29 is 4.79 Å². The Hall–Kier alpha value is -2.40. The fourth-order valence-electron chi connectivity index (χ4n) is 3.08. The molecule has 2 aromatic rings. The monoisotopic (exact) mass is 325 g/mol. The van der Waals surface area contributed by atoms with Crippen LogP contribution in [0.4, 0.5) is 5.69 Å². The summed E-state index contributed by atoms with van der Waals surface area (Å²) in [6.07, 6.45) is 5.29. The summed E-state index contributed by atoms with van der Waals surface area (Å²) in [5, 5.41) is 2.84. The molecule has 3 rings (SSSR count). The lowest BCUT2D eigenvalue weighted by atomic mass is 10.0. The number of rotatable bonds is 4. The Kier molecular flexibility index (Phi) is 5.11. The van der Waals surface area contributed by atoms with E-state index in [-0.39, 0.29) is 11.5 Å². The molecule has 1 saturated heterocycles. The Morgan fingerprint density at radius 1 is 1.21 bits per heavy atom. The molecule has 5 heteroatoms. The Balaban J connectivity index is 1.60. The summed E-state index contributed by atoms with van der Waals surface area (Å²) in [6.45, 7) is 4.40. The minimum atomic E-state index is -0.233. The Morgan fingerprint density at radius 2 is 2.00 bits per heavy atom. The first kappa shape index (κ1) is 16.5. The average molecular weight is 325 g/mol. The molecule has 1 aliphatic rings. The molecule has 126 valence electrons. The molecule has 2 N–H and O–H groups in total. The average Bonchev–Trinajstić information content (AvgIpc) is 2.59. The highest BCUT2D eigenvalue weighted by Crippen LogP contribution is 2.20. The maximum absolute atomic E-state index is 12.1. The van der Waals surface area contributed by atoms with Crippen LogP contribution in [0.25, 0.3) is 0 Å². The summed E-state index contributed by atoms with van der Waals surface area (Å²) in [4.78, 5) is 28.2. The van der Waals surface area contributed by atoms with E-state index >= 15 is 0 Å². The topological polar surface area (TPSA) is 65.2 Å². The first-order valence-electron chi connectivity index (χ1n) is 8.45. The summed E-state index contributed by atoms with van der Waals surface area (Å²) in [5.74, 6) is -0.233. The molecule has 1 aromatic carbocycles. The molecule has 1 aromatic heterocycles. The number of amides is 1. The van der Waals surface area contributed by atoms with Gasteiger partial charge in [-0.1, -0.05) is 18.6 Å². The van der Waals surface area contributed by atoms with Crippen molar-refractivity contribution in [3.8, 4) is 0 Å². The lowest BCUT2D eigenvalue weighted by molar-refractivity contribution is 0.102. The fourth-order valence-corrected chi connectivity index (χ4v) is 3.08. The van der Waals surface area contributed by atoms with E-state index in [1.165, 1.54) is 43.2 Å². The normalized spacial score (nSPS) is 18.3. The Bertz CT molecular complexity index is 731. The van der Waals surface area contributed by atoms with Gasteiger partial charge in [-0.25, -0.2) is 0 Å². The van der Waals surface area contributed by atoms with Crippen LogP contribution in [0.3, 0.4) is 0 Å². The molecule has 1 aliphatic heterocycles. The van der Waals surface area contributed by atoms with E-state index in [1.807, 2.05) is 12.1 Å². The van der Waals surface area contributed by atoms with Gasteiger partial charge in [0, 0.05) is 30.5 Å². The van der Waals surface area contributed by atoms with Crippen molar-refractivity contribution in [2.24, 2.45) is 0 Å². The van der Waals surface area contributed by atoms with E-state index in [4.69, 9.17) is 0 Å². The van der Waals surface area contributed by atoms with Crippen molar-refractivity contribution in [1.29, 1.82) is 0 Å². The van der Waals surface area contributed by atoms with Gasteiger partial charge in [0.1, 0.15) is 0 Å². The first-order valence-corrected chi connectivity index (χ1v) is 8.45. The number of nitrogens with zero attached hydrogens (tertiary/aromatic N) is 1. The third-order valence-electron chi connectivity index (χ3n) is 4.58. The number of H-pyrrole nitrogens is 1. The van der Waals surface area contributed by atoms with Crippen LogP contribution in [0.1, 0.15) is 42.1 Å². The number of aromatic nitrogens is 1. The number of hydrogen-bond acceptors (Lipinski definition) is 3. The third-order valence-corrected chi connectivity index (χ3v) is 4.58. The number of hydrogen-bond donors (Lipinski definition) is 2. The van der Waals surface area contributed by atoms with Gasteiger partial charge in [0.15, 0.2) is 0 Å². The maximum Gasteiger partial charge on any atom is 0.257 e. The van der Waals surface area contributed by atoms with Gasteiger partial charge in [0.05, 0.1) is 5.56 Å². The molecule has 0 spiro atoms. The van der Waals surface area contributed by atoms with E-state index in [1.54, 1.807) is 0 Å². The van der Waals surface area contributed by atoms with E-state index in [0.717, 1.165) is 18.8 Å². The second kappa shape index (κ2) is 7.45. The second-order valence-electron chi connectivity index (χ2n) is 6.41. The molecular weight excluding hydrogens is 302 g/mol. The molecule has 0 radical (unpaired) electrons. The Labute approximate surface area is 141 Å². The molecule has 1 amide bonds. The molecule has 1 unspecified atom stereocenters. The van der Waals surface area contributed by atoms with Gasteiger partial charge in [-0.05, 0) is 50.1 Å². The molecule has 1 atom stereocenters. The van der Waals surface area contributed by atoms with Crippen LogP contribution in [0.2, 0.25) is 0 Å². The SMILES string of the molecule is CC1CCCCN1Cc1ccc(NC(=O)c2ccc(=O)[nH]c2)cc1. The number of benzene rings is 1. The number of carbonyl (C=O) groups excluding carboxylic acids is 1. The second-order valence-corrected chi connectivity index (χ2v) is 6.41. The van der Waals surface area contributed by atoms with Gasteiger partial charge in [0.25, 0.3) is 5.91 Å². The zero-order chi connectivity index (χ0) is 16.9. The first-order chi connectivity index (χ1) is 11.6. The summed E-state index contributed by atoms with van der Waals surface area (Å²) in [5.41, 5.74) is 2.22. The van der Waals surface area contributed by atoms with Crippen LogP contribution in [0, 0.1) is 0 Å². The van der Waals surface area contributed by atoms with Crippen molar-refractivity contribution in [1.82, 2.24) is 9.88 Å². The van der Waals surface area contributed by atoms with Gasteiger partial charge in [-0.2, -0.15) is 0 Å². The van der Waals surface area contributed by atoms with Crippen LogP contribution >= 0.6 is 0 Å². The largest absolute Gasteiger partial charge is 0.328 e. The summed E-state index contributed by atoms with van der Waals surface area (Å²) < 4.78 is 0. The minimum absolute atomic E-state index is 0.220. The van der Waals surface area contributed by atoms with Crippen molar-refractivity contribution >= 4 is 11.6 Å². The zero-order valence-corrected chi connectivity index (χ0v) is 13.9. The van der Waals surface area contributed by atoms with Crippen LogP contribution < -0.4 is 10.9 Å². The number of piperidine rings is 1. The number of nitrogens with one attached hydrogen (secondary N) is 2. The van der Waals surface area contributed by atoms with Gasteiger partial charge in [-0.3, -0.25) is 14.5 Å². The minimum Gasteiger partial charge on any atom is -0.328 e. The molecule has 24 heavy (non-hydrogen) atoms. The lowest BCUT2D eigenvalue weighted by Gasteiger charge is -2.33. The van der Waals surface area contributed by atoms with Crippen molar-refractivity contribution in [3.63, 3.8) is 0 Å². The highest BCUT2D eigenvalue weighted by molar-refractivity contribution is 6.03. The van der Waals surface area contributed by atoms with Gasteiger partial charge in [-0.15, -0.1) is 0 Å². The van der Waals surface area contributed by atoms with Crippen LogP contribution in [0.15, 0.2) is 47.4 Å². The van der Waals surface area contributed by atoms with Crippen molar-refractivity contribution in [2.45, 2.75) is 38.8 Å². The quantitative estimate of drug-likeness (QED) is 0.908. The summed E-state index contributed by atoms with van der Waals surface area (Å²) in [7, 11) is 0. The van der Waals surface area contributed by atoms with Crippen molar-refractivity contribution in [2.75, 3.05) is 11.9 Å². The van der Waals surface area contributed by atoms with Crippen LogP contribution in [-0.4, -0.2) is 28.4 Å². The van der Waals surface area contributed by atoms with E-state index in [9.17, 15) is 9.59 Å². The van der Waals surface area contributed by atoms with Crippen LogP contribution in [-0.2, 0) is 6.54 Å². The molecular formula is C19H23N3O2. The number of carbonyl (C=O) groups is 1. The zero-order valence-electron chi connectivity index (χ0n) is 13.9. The van der Waals surface area contributed by atoms with Gasteiger partial charge < -0.3 is 10.3 Å². The maximum atomic E-state index is 12.1. The Morgan fingerprint density at radius 3 is 2.67 bits per heavy atom. The number of anilines is 1. The third kappa shape index (κ3) is 4.11. The lowest BCUT2D eigenvalue weighted by Crippen LogP contribution is -2.36. The smallest absolute Gasteiger partial charge is 0.257 e. The van der Waals surface area contributed by atoms with Crippen molar-refractivity contribution in [3.05, 3.63) is 64.1 Å². The summed E-state index contributed by atoms with van der Waals surface area (Å²) in [6, 6.07) is 11.5. The van der Waals surface area contributed by atoms with E-state index in [2.05, 4.69) is 34.3 Å². The molecule has 5 nitrogen and oxygen atoms in total. The molecule has 2 heterocycles. The molecule has 1 fully saturated rings. The number of aromatic amines is 1. The summed E-state index contributed by atoms with van der Waals surface area (Å²) >= 11 is 0. The number of likely N-dealkylation sites (tertiary alicyclic amines) is 1. The molecule has 0 bridgehead atoms. The predicted octanol–water partition coefficient (Wildman–Crippen LogP) is 3.00. The number of pyridine rings is 1. The fraction of sp³-hybridized carbons (Fsp3) is 0.368. The predicted molar refractivity (Wildman–Crippen MR) is 95.2 cm³/mol. The van der Waals surface area contributed by atoms with Gasteiger partial charge in [0.2, 0.25) is 5.56 Å².